The standard InChI is InChI=1S/C47H27NS2/c1-2-12-30-28(11-1)21-23-34-35-26-40-45(27-41(35)48(46(30)34)29-22-24-43-36(25-29)33-15-5-9-19-42(33)49-43)50-44-20-10-8-18-39(44)47(40)37-16-6-3-13-31(37)32-14-4-7-17-38(32)47/h1-27H. The SMILES string of the molecule is c1ccc2c(c1)Sc1cc3c(cc1C21c2ccccc2-c2ccccc21)c1ccc2ccccc2c1n3-c1ccc2sc3ccccc3c2c1. The summed E-state index contributed by atoms with van der Waals surface area (Å²) in [6.07, 6.45) is 0. The maximum atomic E-state index is 2.55. The smallest absolute Gasteiger partial charge is 0.0735 e. The Bertz CT molecular complexity index is 3040. The predicted octanol–water partition coefficient (Wildman–Crippen LogP) is 13.1. The Morgan fingerprint density at radius 3 is 1.94 bits per heavy atom. The number of hydrogen-bond acceptors (Lipinski definition) is 2. The molecule has 8 aromatic carbocycles. The lowest BCUT2D eigenvalue weighted by Gasteiger charge is -2.39. The van der Waals surface area contributed by atoms with Gasteiger partial charge in [-0.2, -0.15) is 0 Å². The fourth-order valence-corrected chi connectivity index (χ4v) is 11.5. The highest BCUT2D eigenvalue weighted by Gasteiger charge is 2.50. The monoisotopic (exact) mass is 669 g/mol. The minimum atomic E-state index is -0.404. The van der Waals surface area contributed by atoms with E-state index in [9.17, 15) is 0 Å². The molecule has 1 aliphatic heterocycles. The van der Waals surface area contributed by atoms with E-state index in [0.717, 1.165) is 0 Å². The molecule has 3 heteroatoms. The molecule has 0 N–H and O–H groups in total. The second-order valence-electron chi connectivity index (χ2n) is 13.6. The van der Waals surface area contributed by atoms with Gasteiger partial charge in [-0.05, 0) is 81.2 Å². The van der Waals surface area contributed by atoms with Crippen LogP contribution in [0.2, 0.25) is 0 Å². The molecule has 0 atom stereocenters. The Labute approximate surface area is 297 Å². The van der Waals surface area contributed by atoms with Gasteiger partial charge in [0.05, 0.1) is 16.4 Å². The zero-order valence-corrected chi connectivity index (χ0v) is 28.5. The number of rotatable bonds is 1. The van der Waals surface area contributed by atoms with Crippen LogP contribution in [0.4, 0.5) is 0 Å². The first-order chi connectivity index (χ1) is 24.8. The molecule has 2 aliphatic rings. The van der Waals surface area contributed by atoms with E-state index in [1.54, 1.807) is 0 Å². The molecule has 12 rings (SSSR count). The van der Waals surface area contributed by atoms with Gasteiger partial charge < -0.3 is 4.57 Å². The normalized spacial score (nSPS) is 14.1. The van der Waals surface area contributed by atoms with Crippen molar-refractivity contribution in [1.82, 2.24) is 4.57 Å². The van der Waals surface area contributed by atoms with Crippen LogP contribution in [0.3, 0.4) is 0 Å². The molecule has 0 unspecified atom stereocenters. The second kappa shape index (κ2) is 9.76. The fourth-order valence-electron chi connectivity index (χ4n) is 9.25. The van der Waals surface area contributed by atoms with Gasteiger partial charge >= 0.3 is 0 Å². The summed E-state index contributed by atoms with van der Waals surface area (Å²) in [4.78, 5) is 2.64. The van der Waals surface area contributed by atoms with Crippen molar-refractivity contribution >= 4 is 75.8 Å². The van der Waals surface area contributed by atoms with Crippen molar-refractivity contribution in [2.45, 2.75) is 15.2 Å². The van der Waals surface area contributed by atoms with Gasteiger partial charge in [0.2, 0.25) is 0 Å². The summed E-state index contributed by atoms with van der Waals surface area (Å²) >= 11 is 3.80. The van der Waals surface area contributed by atoms with E-state index in [-0.39, 0.29) is 0 Å². The van der Waals surface area contributed by atoms with Crippen LogP contribution in [0, 0.1) is 0 Å². The lowest BCUT2D eigenvalue weighted by Crippen LogP contribution is -2.31. The second-order valence-corrected chi connectivity index (χ2v) is 15.8. The first kappa shape index (κ1) is 27.2. The van der Waals surface area contributed by atoms with Gasteiger partial charge in [-0.25, -0.2) is 0 Å². The van der Waals surface area contributed by atoms with E-state index in [0.29, 0.717) is 0 Å². The van der Waals surface area contributed by atoms with Crippen molar-refractivity contribution < 1.29 is 0 Å². The number of nitrogens with zero attached hydrogens (tertiary/aromatic N) is 1. The van der Waals surface area contributed by atoms with Gasteiger partial charge in [0, 0.05) is 51.8 Å². The number of benzene rings is 8. The quantitative estimate of drug-likeness (QED) is 0.168. The van der Waals surface area contributed by atoms with E-state index in [1.165, 1.54) is 102 Å². The molecule has 1 spiro atoms. The van der Waals surface area contributed by atoms with Crippen LogP contribution in [-0.2, 0) is 5.41 Å². The molecule has 0 saturated carbocycles. The van der Waals surface area contributed by atoms with E-state index >= 15 is 0 Å². The summed E-state index contributed by atoms with van der Waals surface area (Å²) in [6, 6.07) is 61.7. The maximum absolute atomic E-state index is 2.55. The molecule has 232 valence electrons. The van der Waals surface area contributed by atoms with Crippen molar-refractivity contribution in [1.29, 1.82) is 0 Å². The van der Waals surface area contributed by atoms with Crippen LogP contribution >= 0.6 is 23.1 Å². The summed E-state index contributed by atoms with van der Waals surface area (Å²) in [5.74, 6) is 0. The highest BCUT2D eigenvalue weighted by atomic mass is 32.2. The first-order valence-corrected chi connectivity index (χ1v) is 18.8. The minimum Gasteiger partial charge on any atom is -0.309 e. The lowest BCUT2D eigenvalue weighted by atomic mass is 9.67. The van der Waals surface area contributed by atoms with E-state index in [4.69, 9.17) is 0 Å². The molecular weight excluding hydrogens is 643 g/mol. The number of fused-ring (bicyclic) bond motifs is 17. The number of thiophene rings is 1. The van der Waals surface area contributed by atoms with Crippen molar-refractivity contribution in [2.24, 2.45) is 0 Å². The number of aromatic nitrogens is 1. The van der Waals surface area contributed by atoms with Crippen molar-refractivity contribution in [3.63, 3.8) is 0 Å². The van der Waals surface area contributed by atoms with Gasteiger partial charge in [0.25, 0.3) is 0 Å². The average molecular weight is 670 g/mol. The third-order valence-electron chi connectivity index (χ3n) is 11.2. The van der Waals surface area contributed by atoms with Crippen LogP contribution in [0.25, 0.3) is 69.6 Å². The molecule has 2 aromatic heterocycles. The molecule has 10 aromatic rings. The third-order valence-corrected chi connectivity index (χ3v) is 13.5. The van der Waals surface area contributed by atoms with Crippen molar-refractivity contribution in [3.05, 3.63) is 186 Å². The van der Waals surface area contributed by atoms with E-state index < -0.39 is 5.41 Å². The van der Waals surface area contributed by atoms with Gasteiger partial charge in [0.1, 0.15) is 0 Å². The molecule has 50 heavy (non-hydrogen) atoms. The lowest BCUT2D eigenvalue weighted by molar-refractivity contribution is 0.724. The van der Waals surface area contributed by atoms with E-state index in [1.807, 2.05) is 23.1 Å². The molecule has 1 nitrogen and oxygen atoms in total. The first-order valence-electron chi connectivity index (χ1n) is 17.2. The Kier molecular flexibility index (Phi) is 5.32. The molecule has 1 aliphatic carbocycles. The zero-order valence-electron chi connectivity index (χ0n) is 26.9. The minimum absolute atomic E-state index is 0.404. The molecular formula is C47H27NS2. The van der Waals surface area contributed by atoms with Gasteiger partial charge in [-0.15, -0.1) is 11.3 Å². The summed E-state index contributed by atoms with van der Waals surface area (Å²) in [7, 11) is 0. The van der Waals surface area contributed by atoms with Crippen LogP contribution in [-0.4, -0.2) is 4.57 Å². The fraction of sp³-hybridized carbons (Fsp3) is 0.0213. The van der Waals surface area contributed by atoms with Crippen molar-refractivity contribution in [2.75, 3.05) is 0 Å². The van der Waals surface area contributed by atoms with Crippen molar-refractivity contribution in [3.8, 4) is 16.8 Å². The van der Waals surface area contributed by atoms with Gasteiger partial charge in [-0.3, -0.25) is 0 Å². The maximum Gasteiger partial charge on any atom is 0.0735 e. The summed E-state index contributed by atoms with van der Waals surface area (Å²) in [6.45, 7) is 0. The topological polar surface area (TPSA) is 4.93 Å². The molecule has 0 amide bonds. The molecule has 0 bridgehead atoms. The molecule has 0 radical (unpaired) electrons. The average Bonchev–Trinajstić information content (AvgIpc) is 3.81. The Morgan fingerprint density at radius 2 is 1.10 bits per heavy atom. The highest BCUT2D eigenvalue weighted by molar-refractivity contribution is 7.99. The summed E-state index contributed by atoms with van der Waals surface area (Å²) in [5, 5.41) is 7.75. The molecule has 0 saturated heterocycles. The zero-order chi connectivity index (χ0) is 32.6. The van der Waals surface area contributed by atoms with Gasteiger partial charge in [0.15, 0.2) is 0 Å². The van der Waals surface area contributed by atoms with Gasteiger partial charge in [-0.1, -0.05) is 133 Å². The van der Waals surface area contributed by atoms with Crippen LogP contribution in [0.1, 0.15) is 22.3 Å². The third kappa shape index (κ3) is 3.34. The van der Waals surface area contributed by atoms with Crippen LogP contribution in [0.15, 0.2) is 174 Å². The Balaban J connectivity index is 1.25. The Morgan fingerprint density at radius 1 is 0.420 bits per heavy atom. The van der Waals surface area contributed by atoms with Crippen LogP contribution in [0.5, 0.6) is 0 Å². The number of hydrogen-bond donors (Lipinski definition) is 0. The molecule has 0 fully saturated rings. The van der Waals surface area contributed by atoms with Crippen LogP contribution < -0.4 is 0 Å². The Hall–Kier alpha value is -5.61. The highest BCUT2D eigenvalue weighted by Crippen LogP contribution is 2.62. The summed E-state index contributed by atoms with van der Waals surface area (Å²) in [5.41, 5.74) is 11.5. The largest absolute Gasteiger partial charge is 0.309 e. The summed E-state index contributed by atoms with van der Waals surface area (Å²) < 4.78 is 5.20. The molecule has 3 heterocycles. The van der Waals surface area contributed by atoms with E-state index in [2.05, 4.69) is 168 Å². The predicted molar refractivity (Wildman–Crippen MR) is 213 cm³/mol.